The number of rotatable bonds is 12. The average molecular weight is 973 g/mol. The molecule has 6 heteroatoms. The molecular weight excluding hydrogens is 913 g/mol. The van der Waals surface area contributed by atoms with Crippen LogP contribution >= 0.6 is 0 Å². The van der Waals surface area contributed by atoms with Crippen molar-refractivity contribution in [3.8, 4) is 17.1 Å². The van der Waals surface area contributed by atoms with Crippen molar-refractivity contribution < 1.29 is 0 Å². The van der Waals surface area contributed by atoms with Gasteiger partial charge in [0.25, 0.3) is 0 Å². The average Bonchev–Trinajstić information content (AvgIpc) is 4.09. The standard InChI is InChI=1S/C69H60N6/c1-46(2)70(61-37-22-40-64-67(61)55-31-16-19-34-58(55)73(64)49-25-10-7-11-26-49)52-43-53(71(47(3)4)62-38-23-41-65-68(62)56-32-17-20-35-59(56)74(65)50-27-12-8-13-28-50)45-54(44-52)72(48(5)6)63-39-24-42-66-69(63)57-33-18-21-36-60(57)75(66)51-29-14-9-15-30-51/h7-48H,1-6H3. The quantitative estimate of drug-likeness (QED) is 0.122. The number of aromatic nitrogens is 3. The summed E-state index contributed by atoms with van der Waals surface area (Å²) in [5.41, 5.74) is 17.4. The van der Waals surface area contributed by atoms with E-state index < -0.39 is 0 Å². The van der Waals surface area contributed by atoms with Crippen LogP contribution in [0.1, 0.15) is 41.5 Å². The summed E-state index contributed by atoms with van der Waals surface area (Å²) in [4.78, 5) is 7.74. The normalized spacial score (nSPS) is 12.0. The Morgan fingerprint density at radius 3 is 0.760 bits per heavy atom. The minimum absolute atomic E-state index is 0.0806. The van der Waals surface area contributed by atoms with Gasteiger partial charge in [-0.05, 0) is 151 Å². The second-order valence-corrected chi connectivity index (χ2v) is 20.7. The van der Waals surface area contributed by atoms with Crippen LogP contribution in [0.3, 0.4) is 0 Å². The summed E-state index contributed by atoms with van der Waals surface area (Å²) < 4.78 is 7.28. The van der Waals surface area contributed by atoms with Crippen molar-refractivity contribution in [2.45, 2.75) is 59.7 Å². The lowest BCUT2D eigenvalue weighted by Gasteiger charge is -2.37. The molecule has 0 N–H and O–H groups in total. The van der Waals surface area contributed by atoms with Crippen LogP contribution in [0, 0.1) is 0 Å². The summed E-state index contributed by atoms with van der Waals surface area (Å²) in [5.74, 6) is 0. The van der Waals surface area contributed by atoms with Crippen LogP contribution in [0.25, 0.3) is 82.5 Å². The molecule has 0 aliphatic carbocycles. The summed E-state index contributed by atoms with van der Waals surface area (Å²) in [5, 5.41) is 7.38. The molecule has 10 aromatic carbocycles. The van der Waals surface area contributed by atoms with Crippen LogP contribution in [0.2, 0.25) is 0 Å². The fourth-order valence-corrected chi connectivity index (χ4v) is 12.3. The Morgan fingerprint density at radius 1 is 0.253 bits per heavy atom. The number of para-hydroxylation sites is 6. The van der Waals surface area contributed by atoms with E-state index in [1.165, 1.54) is 82.5 Å². The zero-order chi connectivity index (χ0) is 50.9. The second kappa shape index (κ2) is 18.5. The van der Waals surface area contributed by atoms with Crippen LogP contribution in [-0.2, 0) is 0 Å². The molecule has 0 aliphatic rings. The zero-order valence-electron chi connectivity index (χ0n) is 43.4. The maximum Gasteiger partial charge on any atom is 0.0562 e. The van der Waals surface area contributed by atoms with Gasteiger partial charge in [-0.3, -0.25) is 0 Å². The fraction of sp³-hybridized carbons (Fsp3) is 0.130. The Kier molecular flexibility index (Phi) is 11.3. The minimum atomic E-state index is 0.0806. The van der Waals surface area contributed by atoms with Gasteiger partial charge in [0.15, 0.2) is 0 Å². The predicted octanol–water partition coefficient (Wildman–Crippen LogP) is 18.6. The lowest BCUT2D eigenvalue weighted by molar-refractivity contribution is 0.774. The summed E-state index contributed by atoms with van der Waals surface area (Å²) in [6, 6.07) is 87.2. The summed E-state index contributed by atoms with van der Waals surface area (Å²) in [7, 11) is 0. The first kappa shape index (κ1) is 45.8. The van der Waals surface area contributed by atoms with Gasteiger partial charge in [0, 0.05) is 84.6 Å². The molecule has 0 amide bonds. The number of anilines is 6. The highest BCUT2D eigenvalue weighted by atomic mass is 15.2. The number of nitrogens with zero attached hydrogens (tertiary/aromatic N) is 6. The lowest BCUT2D eigenvalue weighted by Crippen LogP contribution is -2.30. The fourth-order valence-electron chi connectivity index (χ4n) is 12.3. The molecule has 0 radical (unpaired) electrons. The third-order valence-corrected chi connectivity index (χ3v) is 15.1. The van der Waals surface area contributed by atoms with Crippen LogP contribution < -0.4 is 14.7 Å². The topological polar surface area (TPSA) is 24.5 Å². The van der Waals surface area contributed by atoms with E-state index >= 15 is 0 Å². The summed E-state index contributed by atoms with van der Waals surface area (Å²) in [6.45, 7) is 14.0. The van der Waals surface area contributed by atoms with E-state index in [0.717, 1.165) is 34.1 Å². The Labute approximate surface area is 439 Å². The Hall–Kier alpha value is -9.00. The van der Waals surface area contributed by atoms with Crippen LogP contribution in [-0.4, -0.2) is 31.8 Å². The van der Waals surface area contributed by atoms with Crippen molar-refractivity contribution in [3.05, 3.63) is 237 Å². The largest absolute Gasteiger partial charge is 0.338 e. The predicted molar refractivity (Wildman–Crippen MR) is 321 cm³/mol. The van der Waals surface area contributed by atoms with Crippen molar-refractivity contribution in [2.75, 3.05) is 14.7 Å². The van der Waals surface area contributed by atoms with E-state index in [1.54, 1.807) is 0 Å². The van der Waals surface area contributed by atoms with Gasteiger partial charge in [0.1, 0.15) is 0 Å². The minimum Gasteiger partial charge on any atom is -0.338 e. The first-order valence-corrected chi connectivity index (χ1v) is 26.5. The van der Waals surface area contributed by atoms with E-state index in [-0.39, 0.29) is 18.1 Å². The molecule has 366 valence electrons. The molecule has 0 atom stereocenters. The third kappa shape index (κ3) is 7.46. The zero-order valence-corrected chi connectivity index (χ0v) is 43.4. The Morgan fingerprint density at radius 2 is 0.493 bits per heavy atom. The van der Waals surface area contributed by atoms with Gasteiger partial charge in [-0.15, -0.1) is 0 Å². The van der Waals surface area contributed by atoms with Gasteiger partial charge in [-0.25, -0.2) is 0 Å². The van der Waals surface area contributed by atoms with Crippen LogP contribution in [0.15, 0.2) is 237 Å². The molecule has 0 saturated carbocycles. The Bertz CT molecular complexity index is 3790. The molecular formula is C69H60N6. The van der Waals surface area contributed by atoms with E-state index in [2.05, 4.69) is 307 Å². The SMILES string of the molecule is CC(C)N(c1cc(N(c2cccc3c2c2ccccc2n3-c2ccccc2)C(C)C)cc(N(c2cccc3c2c2ccccc2n3-c2ccccc2)C(C)C)c1)c1cccc2c1c1ccccc1n2-c1ccccc1. The van der Waals surface area contributed by atoms with Crippen molar-refractivity contribution in [1.82, 2.24) is 13.7 Å². The highest BCUT2D eigenvalue weighted by molar-refractivity contribution is 6.18. The van der Waals surface area contributed by atoms with Gasteiger partial charge in [-0.1, -0.05) is 127 Å². The smallest absolute Gasteiger partial charge is 0.0562 e. The monoisotopic (exact) mass is 972 g/mol. The highest BCUT2D eigenvalue weighted by Gasteiger charge is 2.29. The molecule has 0 bridgehead atoms. The summed E-state index contributed by atoms with van der Waals surface area (Å²) in [6.07, 6.45) is 0. The molecule has 0 spiro atoms. The molecule has 13 aromatic rings. The van der Waals surface area contributed by atoms with Gasteiger partial charge in [-0.2, -0.15) is 0 Å². The maximum atomic E-state index is 2.58. The van der Waals surface area contributed by atoms with Crippen LogP contribution in [0.5, 0.6) is 0 Å². The van der Waals surface area contributed by atoms with Crippen molar-refractivity contribution >= 4 is 99.5 Å². The lowest BCUT2D eigenvalue weighted by atomic mass is 10.0. The first-order chi connectivity index (χ1) is 36.8. The Balaban J connectivity index is 1.10. The van der Waals surface area contributed by atoms with E-state index in [4.69, 9.17) is 0 Å². The maximum absolute atomic E-state index is 2.58. The van der Waals surface area contributed by atoms with Crippen molar-refractivity contribution in [1.29, 1.82) is 0 Å². The van der Waals surface area contributed by atoms with E-state index in [0.29, 0.717) is 0 Å². The van der Waals surface area contributed by atoms with Gasteiger partial charge < -0.3 is 28.4 Å². The molecule has 0 fully saturated rings. The number of hydrogen-bond acceptors (Lipinski definition) is 3. The van der Waals surface area contributed by atoms with Gasteiger partial charge >= 0.3 is 0 Å². The van der Waals surface area contributed by atoms with Gasteiger partial charge in [0.2, 0.25) is 0 Å². The van der Waals surface area contributed by atoms with Gasteiger partial charge in [0.05, 0.1) is 50.2 Å². The third-order valence-electron chi connectivity index (χ3n) is 15.1. The molecule has 0 unspecified atom stereocenters. The molecule has 13 rings (SSSR count). The molecule has 3 aromatic heterocycles. The second-order valence-electron chi connectivity index (χ2n) is 20.7. The molecule has 3 heterocycles. The number of benzene rings is 10. The first-order valence-electron chi connectivity index (χ1n) is 26.5. The summed E-state index contributed by atoms with van der Waals surface area (Å²) >= 11 is 0. The molecule has 0 saturated heterocycles. The molecule has 6 nitrogen and oxygen atoms in total. The van der Waals surface area contributed by atoms with Crippen LogP contribution in [0.4, 0.5) is 34.1 Å². The van der Waals surface area contributed by atoms with E-state index in [9.17, 15) is 0 Å². The van der Waals surface area contributed by atoms with Crippen molar-refractivity contribution in [3.63, 3.8) is 0 Å². The van der Waals surface area contributed by atoms with Crippen molar-refractivity contribution in [2.24, 2.45) is 0 Å². The molecule has 75 heavy (non-hydrogen) atoms. The number of hydrogen-bond donors (Lipinski definition) is 0. The molecule has 0 aliphatic heterocycles. The van der Waals surface area contributed by atoms with E-state index in [1.807, 2.05) is 0 Å². The highest BCUT2D eigenvalue weighted by Crippen LogP contribution is 2.49. The number of fused-ring (bicyclic) bond motifs is 9.